The van der Waals surface area contributed by atoms with Crippen LogP contribution in [-0.2, 0) is 24.2 Å². The fourth-order valence-corrected chi connectivity index (χ4v) is 16.6. The molecular weight excluding hydrogens is 713 g/mol. The average molecular weight is 789 g/mol. The van der Waals surface area contributed by atoms with Crippen LogP contribution in [0.5, 0.6) is 0 Å². The molecule has 314 valence electrons. The highest BCUT2D eigenvalue weighted by Gasteiger charge is 2.72. The van der Waals surface area contributed by atoms with E-state index in [1.54, 1.807) is 13.8 Å². The number of ether oxygens (including phenoxy) is 1. The number of aliphatic hydroxyl groups excluding tert-OH is 1. The van der Waals surface area contributed by atoms with Crippen LogP contribution in [0.1, 0.15) is 152 Å². The van der Waals surface area contributed by atoms with Gasteiger partial charge in [0, 0.05) is 30.1 Å². The van der Waals surface area contributed by atoms with Crippen LogP contribution in [0.25, 0.3) is 0 Å². The van der Waals surface area contributed by atoms with Crippen molar-refractivity contribution in [3.05, 3.63) is 0 Å². The monoisotopic (exact) mass is 789 g/mol. The van der Waals surface area contributed by atoms with Crippen molar-refractivity contribution in [2.24, 2.45) is 62.1 Å². The fourth-order valence-electron chi connectivity index (χ4n) is 15.3. The SMILES string of the molecule is C[C@H](O)[C@@H](CCN[C@]12CC[C@@H](C3(C)CC3)[C@@H]1[C@H]1CC[C@@H]3[C@@]4(C)CC[C@H](OC(=O)CC(C)(C)C(=O)O)C(C)(C)[C@@H]4CC[C@@]3(C)[C@]1(C)CC2)N1CCS(=O)(=O)CC1. The van der Waals surface area contributed by atoms with Crippen molar-refractivity contribution in [1.29, 1.82) is 0 Å². The Hall–Kier alpha value is -1.23. The van der Waals surface area contributed by atoms with E-state index < -0.39 is 27.3 Å². The topological polar surface area (TPSA) is 133 Å². The molecule has 0 unspecified atom stereocenters. The zero-order valence-corrected chi connectivity index (χ0v) is 36.7. The van der Waals surface area contributed by atoms with Crippen molar-refractivity contribution >= 4 is 21.8 Å². The van der Waals surface area contributed by atoms with Crippen LogP contribution in [0.2, 0.25) is 0 Å². The Morgan fingerprint density at radius 2 is 1.51 bits per heavy atom. The number of carboxylic acid groups (broad SMARTS) is 1. The molecule has 0 aromatic rings. The molecule has 1 aliphatic heterocycles. The number of nitrogens with one attached hydrogen (secondary N) is 1. The molecule has 55 heavy (non-hydrogen) atoms. The minimum Gasteiger partial charge on any atom is -0.481 e. The molecule has 7 rings (SSSR count). The van der Waals surface area contributed by atoms with Gasteiger partial charge in [0.25, 0.3) is 0 Å². The maximum Gasteiger partial charge on any atom is 0.309 e. The molecule has 0 bridgehead atoms. The largest absolute Gasteiger partial charge is 0.481 e. The highest BCUT2D eigenvalue weighted by molar-refractivity contribution is 7.91. The molecule has 10 heteroatoms. The second kappa shape index (κ2) is 13.9. The number of carbonyl (C=O) groups is 2. The average Bonchev–Trinajstić information content (AvgIpc) is 3.71. The zero-order valence-electron chi connectivity index (χ0n) is 35.8. The van der Waals surface area contributed by atoms with Crippen LogP contribution >= 0.6 is 0 Å². The van der Waals surface area contributed by atoms with Crippen molar-refractivity contribution < 1.29 is 33.0 Å². The summed E-state index contributed by atoms with van der Waals surface area (Å²) in [5.41, 5.74) is -0.139. The molecule has 6 saturated carbocycles. The summed E-state index contributed by atoms with van der Waals surface area (Å²) >= 11 is 0. The lowest BCUT2D eigenvalue weighted by molar-refractivity contribution is -0.248. The van der Waals surface area contributed by atoms with E-state index in [0.29, 0.717) is 42.2 Å². The van der Waals surface area contributed by atoms with Crippen LogP contribution in [0.4, 0.5) is 0 Å². The van der Waals surface area contributed by atoms with E-state index in [1.165, 1.54) is 57.8 Å². The first-order chi connectivity index (χ1) is 25.4. The van der Waals surface area contributed by atoms with Crippen LogP contribution in [-0.4, -0.2) is 90.4 Å². The van der Waals surface area contributed by atoms with Gasteiger partial charge in [0.1, 0.15) is 6.10 Å². The van der Waals surface area contributed by atoms with E-state index in [9.17, 15) is 28.2 Å². The normalized spacial score (nSPS) is 44.2. The van der Waals surface area contributed by atoms with Crippen molar-refractivity contribution in [2.75, 3.05) is 31.1 Å². The molecule has 1 saturated heterocycles. The van der Waals surface area contributed by atoms with Gasteiger partial charge in [-0.25, -0.2) is 8.42 Å². The van der Waals surface area contributed by atoms with Gasteiger partial charge < -0.3 is 20.3 Å². The van der Waals surface area contributed by atoms with Crippen molar-refractivity contribution in [2.45, 2.75) is 176 Å². The number of carbonyl (C=O) groups excluding carboxylic acids is 1. The third kappa shape index (κ3) is 6.86. The van der Waals surface area contributed by atoms with Crippen molar-refractivity contribution in [3.63, 3.8) is 0 Å². The molecule has 7 aliphatic rings. The van der Waals surface area contributed by atoms with Gasteiger partial charge in [-0.1, -0.05) is 41.5 Å². The van der Waals surface area contributed by atoms with E-state index >= 15 is 0 Å². The third-order valence-electron chi connectivity index (χ3n) is 19.1. The van der Waals surface area contributed by atoms with Gasteiger partial charge in [0.2, 0.25) is 0 Å². The maximum absolute atomic E-state index is 13.2. The Kier molecular flexibility index (Phi) is 10.6. The number of rotatable bonds is 11. The van der Waals surface area contributed by atoms with Crippen LogP contribution in [0, 0.1) is 62.1 Å². The fraction of sp³-hybridized carbons (Fsp3) is 0.956. The second-order valence-electron chi connectivity index (χ2n) is 22.6. The van der Waals surface area contributed by atoms with Gasteiger partial charge in [-0.05, 0) is 162 Å². The van der Waals surface area contributed by atoms with Crippen LogP contribution in [0.3, 0.4) is 0 Å². The molecule has 7 fully saturated rings. The Morgan fingerprint density at radius 1 is 0.836 bits per heavy atom. The lowest BCUT2D eigenvalue weighted by Gasteiger charge is -2.73. The number of carboxylic acids is 1. The van der Waals surface area contributed by atoms with Gasteiger partial charge in [-0.2, -0.15) is 0 Å². The van der Waals surface area contributed by atoms with Gasteiger partial charge in [-0.15, -0.1) is 0 Å². The van der Waals surface area contributed by atoms with Crippen LogP contribution < -0.4 is 5.32 Å². The molecule has 1 heterocycles. The second-order valence-corrected chi connectivity index (χ2v) is 24.9. The first kappa shape index (κ1) is 41.9. The maximum atomic E-state index is 13.2. The van der Waals surface area contributed by atoms with Crippen LogP contribution in [0.15, 0.2) is 0 Å². The number of hydrogen-bond acceptors (Lipinski definition) is 8. The van der Waals surface area contributed by atoms with E-state index in [-0.39, 0.29) is 63.2 Å². The Morgan fingerprint density at radius 3 is 2.13 bits per heavy atom. The van der Waals surface area contributed by atoms with Gasteiger partial charge in [0.05, 0.1) is 29.4 Å². The smallest absolute Gasteiger partial charge is 0.309 e. The number of fused-ring (bicyclic) bond motifs is 7. The number of esters is 1. The summed E-state index contributed by atoms with van der Waals surface area (Å²) in [6.45, 7) is 22.2. The summed E-state index contributed by atoms with van der Waals surface area (Å²) in [5, 5.41) is 24.8. The lowest BCUT2D eigenvalue weighted by Crippen LogP contribution is -2.69. The highest BCUT2D eigenvalue weighted by atomic mass is 32.2. The summed E-state index contributed by atoms with van der Waals surface area (Å²) in [6, 6.07) is -0.0328. The summed E-state index contributed by atoms with van der Waals surface area (Å²) in [7, 11) is -2.97. The molecule has 3 N–H and O–H groups in total. The van der Waals surface area contributed by atoms with E-state index in [4.69, 9.17) is 4.74 Å². The summed E-state index contributed by atoms with van der Waals surface area (Å²) in [5.74, 6) is 2.12. The summed E-state index contributed by atoms with van der Waals surface area (Å²) in [4.78, 5) is 27.2. The number of aliphatic hydroxyl groups is 1. The number of hydrogen-bond donors (Lipinski definition) is 3. The predicted octanol–water partition coefficient (Wildman–Crippen LogP) is 7.49. The molecular formula is C45H76N2O7S. The standard InChI is InChI=1S/C45H76N2O7S/c1-29(48)32(47-24-26-55(52,53)27-25-47)15-23-46-45-18-12-30(41(6)19-20-41)37(45)31-10-11-34-42(7)16-14-35(54-36(49)28-39(2,3)38(50)51)40(4,5)33(42)13-17-44(34,9)43(31,8)21-22-45/h29-35,37,46,48H,10-28H2,1-9H3,(H,50,51)/t29-,30+,31+,32+,33-,34+,35-,37+,42-,43+,44+,45-/m0/s1. The highest BCUT2D eigenvalue weighted by Crippen LogP contribution is 2.77. The minimum atomic E-state index is -2.97. The Balaban J connectivity index is 1.10. The third-order valence-corrected chi connectivity index (χ3v) is 20.7. The summed E-state index contributed by atoms with van der Waals surface area (Å²) in [6.07, 6.45) is 14.5. The number of nitrogens with zero attached hydrogens (tertiary/aromatic N) is 1. The quantitative estimate of drug-likeness (QED) is 0.182. The van der Waals surface area contributed by atoms with E-state index in [2.05, 4.69) is 51.8 Å². The van der Waals surface area contributed by atoms with Gasteiger partial charge in [0.15, 0.2) is 9.84 Å². The molecule has 12 atom stereocenters. The Bertz CT molecular complexity index is 1590. The molecule has 0 amide bonds. The van der Waals surface area contributed by atoms with Crippen molar-refractivity contribution in [3.8, 4) is 0 Å². The van der Waals surface area contributed by atoms with Crippen molar-refractivity contribution in [1.82, 2.24) is 10.2 Å². The molecule has 9 nitrogen and oxygen atoms in total. The first-order valence-electron chi connectivity index (χ1n) is 22.3. The molecule has 0 spiro atoms. The number of sulfone groups is 1. The zero-order chi connectivity index (χ0) is 40.2. The lowest BCUT2D eigenvalue weighted by atomic mass is 9.32. The minimum absolute atomic E-state index is 0.0328. The van der Waals surface area contributed by atoms with E-state index in [1.807, 2.05) is 6.92 Å². The predicted molar refractivity (Wildman–Crippen MR) is 216 cm³/mol. The molecule has 0 aromatic carbocycles. The van der Waals surface area contributed by atoms with E-state index in [0.717, 1.165) is 38.1 Å². The van der Waals surface area contributed by atoms with Gasteiger partial charge >= 0.3 is 11.9 Å². The number of aliphatic carboxylic acids is 1. The molecule has 0 radical (unpaired) electrons. The van der Waals surface area contributed by atoms with Gasteiger partial charge in [-0.3, -0.25) is 14.5 Å². The summed E-state index contributed by atoms with van der Waals surface area (Å²) < 4.78 is 30.6. The first-order valence-corrected chi connectivity index (χ1v) is 24.1. The molecule has 6 aliphatic carbocycles. The molecule has 0 aromatic heterocycles. The Labute approximate surface area is 333 Å².